The molecule has 0 bridgehead atoms. The highest BCUT2D eigenvalue weighted by Crippen LogP contribution is 2.40. The second-order valence-electron chi connectivity index (χ2n) is 10.5. The fourth-order valence-electron chi connectivity index (χ4n) is 6.45. The summed E-state index contributed by atoms with van der Waals surface area (Å²) in [6.45, 7) is 0. The summed E-state index contributed by atoms with van der Waals surface area (Å²) in [6, 6.07) is 43.9. The second-order valence-corrected chi connectivity index (χ2v) is 10.5. The molecule has 0 atom stereocenters. The van der Waals surface area contributed by atoms with Crippen molar-refractivity contribution >= 4 is 60.0 Å². The molecule has 0 aliphatic rings. The first-order valence-electron chi connectivity index (χ1n) is 13.5. The first kappa shape index (κ1) is 21.5. The molecule has 3 heterocycles. The third kappa shape index (κ3) is 2.86. The molecule has 0 N–H and O–H groups in total. The van der Waals surface area contributed by atoms with E-state index in [1.54, 1.807) is 0 Å². The molecule has 3 nitrogen and oxygen atoms in total. The van der Waals surface area contributed by atoms with E-state index in [9.17, 15) is 4.79 Å². The van der Waals surface area contributed by atoms with Crippen molar-refractivity contribution in [2.75, 3.05) is 0 Å². The van der Waals surface area contributed by atoms with E-state index < -0.39 is 0 Å². The quantitative estimate of drug-likeness (QED) is 0.217. The zero-order valence-electron chi connectivity index (χ0n) is 21.4. The van der Waals surface area contributed by atoms with Crippen molar-refractivity contribution in [2.45, 2.75) is 0 Å². The Balaban J connectivity index is 1.17. The highest BCUT2D eigenvalue weighted by atomic mass is 16.3. The lowest BCUT2D eigenvalue weighted by Gasteiger charge is -2.08. The molecule has 0 amide bonds. The Morgan fingerprint density at radius 2 is 0.975 bits per heavy atom. The molecule has 3 aromatic heterocycles. The Bertz CT molecular complexity index is 2500. The molecule has 0 radical (unpaired) electrons. The van der Waals surface area contributed by atoms with E-state index >= 15 is 0 Å². The topological polar surface area (TPSA) is 34.6 Å². The highest BCUT2D eigenvalue weighted by Gasteiger charge is 2.17. The predicted molar refractivity (Wildman–Crippen MR) is 166 cm³/mol. The van der Waals surface area contributed by atoms with Crippen molar-refractivity contribution < 1.29 is 4.42 Å². The average Bonchev–Trinajstić information content (AvgIpc) is 3.53. The van der Waals surface area contributed by atoms with Crippen LogP contribution in [0.4, 0.5) is 0 Å². The molecular weight excluding hydrogens is 490 g/mol. The third-order valence-corrected chi connectivity index (χ3v) is 8.35. The molecule has 0 aliphatic carbocycles. The van der Waals surface area contributed by atoms with Gasteiger partial charge in [0.2, 0.25) is 5.43 Å². The summed E-state index contributed by atoms with van der Waals surface area (Å²) in [4.78, 5) is 12.9. The Hall–Kier alpha value is -5.41. The standard InChI is InChI=1S/C37H21NO2/c39-37-30-7-2-4-11-34(30)40-35-21-25(17-19-31(35)37)23-14-12-22(13-15-23)24-16-18-27-29-9-5-8-28-26-6-1-3-10-32(26)38(36(28)29)33(27)20-24/h1-21H. The first-order chi connectivity index (χ1) is 19.7. The minimum Gasteiger partial charge on any atom is -0.456 e. The van der Waals surface area contributed by atoms with Crippen molar-refractivity contribution in [2.24, 2.45) is 0 Å². The lowest BCUT2D eigenvalue weighted by Crippen LogP contribution is -2.01. The van der Waals surface area contributed by atoms with Crippen molar-refractivity contribution in [1.29, 1.82) is 0 Å². The first-order valence-corrected chi connectivity index (χ1v) is 13.5. The molecule has 0 saturated heterocycles. The van der Waals surface area contributed by atoms with Crippen LogP contribution in [-0.2, 0) is 0 Å². The Kier molecular flexibility index (Phi) is 4.20. The highest BCUT2D eigenvalue weighted by molar-refractivity contribution is 6.23. The summed E-state index contributed by atoms with van der Waals surface area (Å²) in [7, 11) is 0. The van der Waals surface area contributed by atoms with Crippen LogP contribution in [0.25, 0.3) is 82.3 Å². The molecule has 0 unspecified atom stereocenters. The predicted octanol–water partition coefficient (Wildman–Crippen LogP) is 9.43. The third-order valence-electron chi connectivity index (χ3n) is 8.35. The number of hydrogen-bond donors (Lipinski definition) is 0. The van der Waals surface area contributed by atoms with Gasteiger partial charge in [0.15, 0.2) is 0 Å². The number of hydrogen-bond acceptors (Lipinski definition) is 2. The van der Waals surface area contributed by atoms with E-state index in [0.717, 1.165) is 16.7 Å². The molecule has 6 aromatic carbocycles. The lowest BCUT2D eigenvalue weighted by atomic mass is 9.98. The molecule has 0 spiro atoms. The maximum atomic E-state index is 12.9. The SMILES string of the molecule is O=c1c2ccccc2oc2cc(-c3ccc(-c4ccc5c6cccc7c8ccccc8n(c5c4)c76)cc3)ccc12. The van der Waals surface area contributed by atoms with Crippen LogP contribution in [0.1, 0.15) is 0 Å². The summed E-state index contributed by atoms with van der Waals surface area (Å²) in [5, 5.41) is 6.37. The van der Waals surface area contributed by atoms with Gasteiger partial charge in [0.25, 0.3) is 0 Å². The molecular formula is C37H21NO2. The molecule has 9 rings (SSSR count). The molecule has 40 heavy (non-hydrogen) atoms. The van der Waals surface area contributed by atoms with Crippen LogP contribution >= 0.6 is 0 Å². The van der Waals surface area contributed by atoms with Crippen molar-refractivity contribution in [3.63, 3.8) is 0 Å². The van der Waals surface area contributed by atoms with E-state index in [1.165, 1.54) is 43.7 Å². The van der Waals surface area contributed by atoms with E-state index in [0.29, 0.717) is 21.9 Å². The van der Waals surface area contributed by atoms with Crippen LogP contribution < -0.4 is 5.43 Å². The zero-order chi connectivity index (χ0) is 26.4. The zero-order valence-corrected chi connectivity index (χ0v) is 21.4. The van der Waals surface area contributed by atoms with Crippen LogP contribution in [-0.4, -0.2) is 4.40 Å². The van der Waals surface area contributed by atoms with Gasteiger partial charge in [0, 0.05) is 21.5 Å². The minimum atomic E-state index is 0.00487. The van der Waals surface area contributed by atoms with E-state index in [1.807, 2.05) is 42.5 Å². The van der Waals surface area contributed by atoms with E-state index in [2.05, 4.69) is 89.3 Å². The van der Waals surface area contributed by atoms with Gasteiger partial charge in [0.05, 0.1) is 27.3 Å². The van der Waals surface area contributed by atoms with Crippen LogP contribution in [0.3, 0.4) is 0 Å². The fourth-order valence-corrected chi connectivity index (χ4v) is 6.45. The number of aromatic nitrogens is 1. The molecule has 0 fully saturated rings. The Morgan fingerprint density at radius 1 is 0.425 bits per heavy atom. The monoisotopic (exact) mass is 511 g/mol. The van der Waals surface area contributed by atoms with Crippen LogP contribution in [0.2, 0.25) is 0 Å². The van der Waals surface area contributed by atoms with E-state index in [4.69, 9.17) is 4.42 Å². The Labute approximate surface area is 228 Å². The molecule has 0 aliphatic heterocycles. The lowest BCUT2D eigenvalue weighted by molar-refractivity contribution is 0.660. The smallest absolute Gasteiger partial charge is 0.200 e. The summed E-state index contributed by atoms with van der Waals surface area (Å²) in [5.74, 6) is 0. The number of benzene rings is 6. The van der Waals surface area contributed by atoms with Gasteiger partial charge in [-0.25, -0.2) is 0 Å². The van der Waals surface area contributed by atoms with Gasteiger partial charge in [-0.1, -0.05) is 91.0 Å². The summed E-state index contributed by atoms with van der Waals surface area (Å²) in [6.07, 6.45) is 0. The summed E-state index contributed by atoms with van der Waals surface area (Å²) < 4.78 is 8.51. The maximum Gasteiger partial charge on any atom is 0.200 e. The average molecular weight is 512 g/mol. The number of rotatable bonds is 2. The van der Waals surface area contributed by atoms with Crippen molar-refractivity contribution in [1.82, 2.24) is 4.40 Å². The fraction of sp³-hybridized carbons (Fsp3) is 0. The van der Waals surface area contributed by atoms with Gasteiger partial charge < -0.3 is 8.82 Å². The minimum absolute atomic E-state index is 0.00487. The summed E-state index contributed by atoms with van der Waals surface area (Å²) in [5.41, 5.74) is 9.42. The Morgan fingerprint density at radius 3 is 1.75 bits per heavy atom. The number of nitrogens with zero attached hydrogens (tertiary/aromatic N) is 1. The van der Waals surface area contributed by atoms with Gasteiger partial charge >= 0.3 is 0 Å². The maximum absolute atomic E-state index is 12.9. The van der Waals surface area contributed by atoms with Crippen LogP contribution in [0.15, 0.2) is 137 Å². The van der Waals surface area contributed by atoms with Crippen molar-refractivity contribution in [3.8, 4) is 22.3 Å². The molecule has 186 valence electrons. The van der Waals surface area contributed by atoms with Crippen molar-refractivity contribution in [3.05, 3.63) is 138 Å². The van der Waals surface area contributed by atoms with Gasteiger partial charge in [-0.15, -0.1) is 0 Å². The normalized spacial score (nSPS) is 12.1. The number of para-hydroxylation sites is 3. The second kappa shape index (κ2) is 7.81. The molecule has 3 heteroatoms. The van der Waals surface area contributed by atoms with Gasteiger partial charge in [-0.05, 0) is 58.7 Å². The van der Waals surface area contributed by atoms with Crippen LogP contribution in [0, 0.1) is 0 Å². The molecule has 9 aromatic rings. The number of fused-ring (bicyclic) bond motifs is 8. The molecule has 0 saturated carbocycles. The van der Waals surface area contributed by atoms with Crippen LogP contribution in [0.5, 0.6) is 0 Å². The van der Waals surface area contributed by atoms with Gasteiger partial charge in [0.1, 0.15) is 11.2 Å². The van der Waals surface area contributed by atoms with Gasteiger partial charge in [-0.3, -0.25) is 4.79 Å². The summed E-state index contributed by atoms with van der Waals surface area (Å²) >= 11 is 0. The largest absolute Gasteiger partial charge is 0.456 e. The van der Waals surface area contributed by atoms with Gasteiger partial charge in [-0.2, -0.15) is 0 Å². The van der Waals surface area contributed by atoms with E-state index in [-0.39, 0.29) is 5.43 Å².